The molecule has 9 heteroatoms. The van der Waals surface area contributed by atoms with E-state index in [1.54, 1.807) is 24.3 Å². The molecule has 1 amide bonds. The van der Waals surface area contributed by atoms with E-state index in [2.05, 4.69) is 10.2 Å². The third-order valence-corrected chi connectivity index (χ3v) is 7.77. The van der Waals surface area contributed by atoms with Crippen molar-refractivity contribution in [1.29, 1.82) is 0 Å². The third-order valence-electron chi connectivity index (χ3n) is 7.77. The van der Waals surface area contributed by atoms with Crippen LogP contribution >= 0.6 is 13.5 Å². The summed E-state index contributed by atoms with van der Waals surface area (Å²) in [6.07, 6.45) is -2.66. The van der Waals surface area contributed by atoms with Crippen molar-refractivity contribution < 1.29 is 27.5 Å². The van der Waals surface area contributed by atoms with Crippen LogP contribution in [0, 0.1) is 0 Å². The van der Waals surface area contributed by atoms with Gasteiger partial charge >= 0.3 is 12.1 Å². The van der Waals surface area contributed by atoms with E-state index in [1.807, 2.05) is 54.6 Å². The molecule has 4 aromatic carbocycles. The SMILES string of the molecule is COC(=O)[C@H](c1ccccc1)N1CCC(c2ccc(NC(=O)c3ccccc3-c3ccc(C(F)(F)F)cc3)cc2)CC1.S. The quantitative estimate of drug-likeness (QED) is 0.218. The van der Waals surface area contributed by atoms with Crippen LogP contribution in [0.25, 0.3) is 11.1 Å². The largest absolute Gasteiger partial charge is 0.468 e. The minimum absolute atomic E-state index is 0. The van der Waals surface area contributed by atoms with Crippen LogP contribution in [-0.2, 0) is 15.7 Å². The van der Waals surface area contributed by atoms with Gasteiger partial charge in [-0.15, -0.1) is 0 Å². The van der Waals surface area contributed by atoms with Crippen molar-refractivity contribution in [2.45, 2.75) is 31.0 Å². The Morgan fingerprint density at radius 3 is 2.05 bits per heavy atom. The van der Waals surface area contributed by atoms with Gasteiger partial charge in [0.1, 0.15) is 6.04 Å². The Morgan fingerprint density at radius 1 is 0.837 bits per heavy atom. The number of methoxy groups -OCH3 is 1. The lowest BCUT2D eigenvalue weighted by Gasteiger charge is -2.36. The molecule has 0 saturated carbocycles. The second kappa shape index (κ2) is 13.9. The fourth-order valence-electron chi connectivity index (χ4n) is 5.54. The van der Waals surface area contributed by atoms with E-state index in [0.29, 0.717) is 28.3 Å². The predicted molar refractivity (Wildman–Crippen MR) is 166 cm³/mol. The second-order valence-electron chi connectivity index (χ2n) is 10.3. The molecule has 43 heavy (non-hydrogen) atoms. The van der Waals surface area contributed by atoms with Crippen LogP contribution in [0.1, 0.15) is 51.8 Å². The predicted octanol–water partition coefficient (Wildman–Crippen LogP) is 7.83. The van der Waals surface area contributed by atoms with Crippen LogP contribution in [0.3, 0.4) is 0 Å². The van der Waals surface area contributed by atoms with Gasteiger partial charge in [0.05, 0.1) is 12.7 Å². The van der Waals surface area contributed by atoms with Gasteiger partial charge in [-0.25, -0.2) is 4.79 Å². The van der Waals surface area contributed by atoms with Crippen LogP contribution in [-0.4, -0.2) is 37.0 Å². The molecule has 5 rings (SSSR count). The van der Waals surface area contributed by atoms with E-state index in [9.17, 15) is 22.8 Å². The lowest BCUT2D eigenvalue weighted by molar-refractivity contribution is -0.147. The van der Waals surface area contributed by atoms with Crippen LogP contribution < -0.4 is 5.32 Å². The number of halogens is 3. The molecule has 1 aliphatic heterocycles. The van der Waals surface area contributed by atoms with Crippen molar-refractivity contribution in [3.8, 4) is 11.1 Å². The fraction of sp³-hybridized carbons (Fsp3) is 0.235. The van der Waals surface area contributed by atoms with Gasteiger partial charge < -0.3 is 10.1 Å². The number of hydrogen-bond donors (Lipinski definition) is 1. The minimum atomic E-state index is -4.42. The maximum Gasteiger partial charge on any atom is 0.416 e. The van der Waals surface area contributed by atoms with Crippen LogP contribution in [0.4, 0.5) is 18.9 Å². The Kier molecular flexibility index (Phi) is 10.3. The lowest BCUT2D eigenvalue weighted by Crippen LogP contribution is -2.40. The Morgan fingerprint density at radius 2 is 1.44 bits per heavy atom. The molecular formula is C34H33F3N2O3S. The zero-order valence-corrected chi connectivity index (χ0v) is 24.6. The first-order valence-electron chi connectivity index (χ1n) is 13.8. The maximum atomic E-state index is 13.2. The summed E-state index contributed by atoms with van der Waals surface area (Å²) in [5.74, 6) is -0.290. The molecule has 0 bridgehead atoms. The molecule has 5 nitrogen and oxygen atoms in total. The Bertz CT molecular complexity index is 1520. The first-order chi connectivity index (χ1) is 20.2. The van der Waals surface area contributed by atoms with Crippen molar-refractivity contribution >= 4 is 31.1 Å². The highest BCUT2D eigenvalue weighted by Crippen LogP contribution is 2.34. The maximum absolute atomic E-state index is 13.2. The summed E-state index contributed by atoms with van der Waals surface area (Å²) in [6, 6.07) is 28.6. The molecule has 0 radical (unpaired) electrons. The van der Waals surface area contributed by atoms with Crippen molar-refractivity contribution in [3.63, 3.8) is 0 Å². The smallest absolute Gasteiger partial charge is 0.416 e. The summed E-state index contributed by atoms with van der Waals surface area (Å²) in [6.45, 7) is 1.50. The van der Waals surface area contributed by atoms with Gasteiger partial charge in [0, 0.05) is 11.3 Å². The standard InChI is InChI=1S/C34H31F3N2O3.H2S/c1-42-33(41)31(26-7-3-2-4-8-26)39-21-19-24(20-22-39)23-13-17-28(18-14-23)38-32(40)30-10-6-5-9-29(30)25-11-15-27(16-12-25)34(35,36)37;/h2-18,24,31H,19-22H2,1H3,(H,38,40);1H2/t31-;/m0./s1. The zero-order valence-electron chi connectivity index (χ0n) is 23.6. The summed E-state index contributed by atoms with van der Waals surface area (Å²) in [5, 5.41) is 2.91. The van der Waals surface area contributed by atoms with E-state index in [-0.39, 0.29) is 25.4 Å². The van der Waals surface area contributed by atoms with Crippen molar-refractivity contribution in [3.05, 3.63) is 125 Å². The number of anilines is 1. The van der Waals surface area contributed by atoms with Gasteiger partial charge in [-0.3, -0.25) is 9.69 Å². The number of esters is 1. The van der Waals surface area contributed by atoms with Gasteiger partial charge in [0.15, 0.2) is 0 Å². The molecule has 0 aromatic heterocycles. The van der Waals surface area contributed by atoms with E-state index in [4.69, 9.17) is 4.74 Å². The van der Waals surface area contributed by atoms with Crippen LogP contribution in [0.2, 0.25) is 0 Å². The number of carbonyl (C=O) groups is 2. The normalized spacial score (nSPS) is 14.8. The number of ether oxygens (including phenoxy) is 1. The van der Waals surface area contributed by atoms with Crippen molar-refractivity contribution in [2.75, 3.05) is 25.5 Å². The number of likely N-dealkylation sites (tertiary alicyclic amines) is 1. The summed E-state index contributed by atoms with van der Waals surface area (Å²) >= 11 is 0. The molecule has 1 fully saturated rings. The summed E-state index contributed by atoms with van der Waals surface area (Å²) in [7, 11) is 1.42. The Balaban J connectivity index is 0.00000423. The average Bonchev–Trinajstić information content (AvgIpc) is 3.02. The number of amides is 1. The second-order valence-corrected chi connectivity index (χ2v) is 10.3. The monoisotopic (exact) mass is 606 g/mol. The number of rotatable bonds is 7. The van der Waals surface area contributed by atoms with Gasteiger partial charge in [-0.2, -0.15) is 26.7 Å². The molecule has 224 valence electrons. The van der Waals surface area contributed by atoms with E-state index < -0.39 is 17.8 Å². The molecule has 1 aliphatic rings. The lowest BCUT2D eigenvalue weighted by atomic mass is 9.88. The summed E-state index contributed by atoms with van der Waals surface area (Å²) in [5.41, 5.74) is 3.41. The van der Waals surface area contributed by atoms with E-state index in [0.717, 1.165) is 49.2 Å². The average molecular weight is 607 g/mol. The van der Waals surface area contributed by atoms with Gasteiger partial charge in [-0.1, -0.05) is 72.8 Å². The molecule has 4 aromatic rings. The fourth-order valence-corrected chi connectivity index (χ4v) is 5.54. The number of piperidine rings is 1. The van der Waals surface area contributed by atoms with Crippen molar-refractivity contribution in [1.82, 2.24) is 4.90 Å². The minimum Gasteiger partial charge on any atom is -0.468 e. The number of benzene rings is 4. The first-order valence-corrected chi connectivity index (χ1v) is 13.8. The Labute approximate surface area is 256 Å². The molecular weight excluding hydrogens is 573 g/mol. The number of alkyl halides is 3. The molecule has 1 heterocycles. The number of nitrogens with one attached hydrogen (secondary N) is 1. The first kappa shape index (κ1) is 31.8. The number of carbonyl (C=O) groups excluding carboxylic acids is 2. The number of nitrogens with zero attached hydrogens (tertiary/aromatic N) is 1. The van der Waals surface area contributed by atoms with Gasteiger partial charge in [-0.05, 0) is 84.4 Å². The molecule has 1 saturated heterocycles. The molecule has 0 unspecified atom stereocenters. The van der Waals surface area contributed by atoms with E-state index in [1.165, 1.54) is 19.2 Å². The highest BCUT2D eigenvalue weighted by molar-refractivity contribution is 7.59. The molecule has 1 N–H and O–H groups in total. The zero-order chi connectivity index (χ0) is 29.7. The topological polar surface area (TPSA) is 58.6 Å². The van der Waals surface area contributed by atoms with E-state index >= 15 is 0 Å². The molecule has 0 aliphatic carbocycles. The van der Waals surface area contributed by atoms with Gasteiger partial charge in [0.25, 0.3) is 5.91 Å². The molecule has 0 spiro atoms. The summed E-state index contributed by atoms with van der Waals surface area (Å²) < 4.78 is 44.1. The van der Waals surface area contributed by atoms with Gasteiger partial charge in [0.2, 0.25) is 0 Å². The number of hydrogen-bond acceptors (Lipinski definition) is 4. The van der Waals surface area contributed by atoms with Crippen molar-refractivity contribution in [2.24, 2.45) is 0 Å². The summed E-state index contributed by atoms with van der Waals surface area (Å²) in [4.78, 5) is 28.0. The van der Waals surface area contributed by atoms with Crippen LogP contribution in [0.5, 0.6) is 0 Å². The molecule has 1 atom stereocenters. The third kappa shape index (κ3) is 7.47. The highest BCUT2D eigenvalue weighted by Gasteiger charge is 2.32. The Hall–Kier alpha value is -4.08. The van der Waals surface area contributed by atoms with Crippen LogP contribution in [0.15, 0.2) is 103 Å². The highest BCUT2D eigenvalue weighted by atomic mass is 32.1.